The van der Waals surface area contributed by atoms with Crippen molar-refractivity contribution in [2.75, 3.05) is 6.61 Å². The first-order valence-electron chi connectivity index (χ1n) is 6.95. The van der Waals surface area contributed by atoms with E-state index in [0.29, 0.717) is 11.3 Å². The normalized spacial score (nSPS) is 49.3. The van der Waals surface area contributed by atoms with Gasteiger partial charge in [-0.1, -0.05) is 13.3 Å². The highest BCUT2D eigenvalue weighted by Gasteiger charge is 2.61. The molecule has 0 aromatic rings. The van der Waals surface area contributed by atoms with Crippen LogP contribution in [0, 0.1) is 26.9 Å². The van der Waals surface area contributed by atoms with Crippen molar-refractivity contribution in [3.63, 3.8) is 0 Å². The van der Waals surface area contributed by atoms with Gasteiger partial charge in [0.15, 0.2) is 0 Å². The van der Waals surface area contributed by atoms with Gasteiger partial charge < -0.3 is 10.6 Å². The predicted molar refractivity (Wildman–Crippen MR) is 66.2 cm³/mol. The van der Waals surface area contributed by atoms with Gasteiger partial charge in [-0.25, -0.2) is 0 Å². The molecule has 0 aromatic carbocycles. The molecule has 102 valence electrons. The largest absolute Gasteiger partial charge is 0.325 e. The number of hydrogen-bond acceptors (Lipinski definition) is 4. The minimum absolute atomic E-state index is 0.0305. The number of hydrogen-bond donors (Lipinski definition) is 1. The molecule has 4 unspecified atom stereocenters. The molecule has 0 saturated heterocycles. The molecular weight excluding hydrogens is 232 g/mol. The Labute approximate surface area is 107 Å². The average molecular weight is 254 g/mol. The topological polar surface area (TPSA) is 78.4 Å². The Morgan fingerprint density at radius 2 is 1.94 bits per heavy atom. The smallest absolute Gasteiger partial charge is 0.294 e. The van der Waals surface area contributed by atoms with Crippen LogP contribution >= 0.6 is 0 Å². The van der Waals surface area contributed by atoms with Crippen molar-refractivity contribution in [2.45, 2.75) is 57.4 Å². The van der Waals surface area contributed by atoms with E-state index in [0.717, 1.165) is 38.5 Å². The Morgan fingerprint density at radius 3 is 2.56 bits per heavy atom. The van der Waals surface area contributed by atoms with E-state index in [1.807, 2.05) is 0 Å². The molecule has 0 spiro atoms. The Hall–Kier alpha value is -0.840. The molecule has 0 aromatic heterocycles. The first-order chi connectivity index (χ1) is 8.38. The Kier molecular flexibility index (Phi) is 2.44. The predicted octanol–water partition coefficient (Wildman–Crippen LogP) is 2.27. The van der Waals surface area contributed by atoms with Crippen LogP contribution in [0.25, 0.3) is 0 Å². The molecule has 4 atom stereocenters. The minimum Gasteiger partial charge on any atom is -0.325 e. The lowest BCUT2D eigenvalue weighted by Crippen LogP contribution is -2.64. The van der Waals surface area contributed by atoms with E-state index >= 15 is 0 Å². The first kappa shape index (κ1) is 12.2. The summed E-state index contributed by atoms with van der Waals surface area (Å²) in [5.74, 6) is 0.654. The molecule has 4 saturated carbocycles. The van der Waals surface area contributed by atoms with E-state index in [4.69, 9.17) is 10.6 Å². The highest BCUT2D eigenvalue weighted by Crippen LogP contribution is 2.66. The monoisotopic (exact) mass is 254 g/mol. The zero-order chi connectivity index (χ0) is 13.0. The lowest BCUT2D eigenvalue weighted by atomic mass is 9.41. The lowest BCUT2D eigenvalue weighted by molar-refractivity contribution is -0.761. The highest BCUT2D eigenvalue weighted by atomic mass is 16.9. The van der Waals surface area contributed by atoms with Gasteiger partial charge in [-0.2, -0.15) is 0 Å². The number of rotatable bonds is 4. The molecule has 4 rings (SSSR count). The molecule has 0 amide bonds. The van der Waals surface area contributed by atoms with Crippen LogP contribution in [0.3, 0.4) is 0 Å². The molecule has 4 bridgehead atoms. The maximum atomic E-state index is 10.5. The summed E-state index contributed by atoms with van der Waals surface area (Å²) in [5, 5.41) is 9.82. The fourth-order valence-corrected chi connectivity index (χ4v) is 5.67. The third kappa shape index (κ3) is 1.79. The fourth-order valence-electron chi connectivity index (χ4n) is 5.67. The van der Waals surface area contributed by atoms with Crippen molar-refractivity contribution in [1.29, 1.82) is 0 Å². The zero-order valence-corrected chi connectivity index (χ0v) is 11.0. The molecule has 4 aliphatic rings. The third-order valence-electron chi connectivity index (χ3n) is 5.57. The summed E-state index contributed by atoms with van der Waals surface area (Å²) in [5.41, 5.74) is 6.76. The molecular formula is C13H22N2O3. The van der Waals surface area contributed by atoms with Gasteiger partial charge in [-0.05, 0) is 55.3 Å². The maximum Gasteiger partial charge on any atom is 0.294 e. The van der Waals surface area contributed by atoms with Crippen molar-refractivity contribution in [3.8, 4) is 0 Å². The van der Waals surface area contributed by atoms with Crippen LogP contribution < -0.4 is 5.73 Å². The second kappa shape index (κ2) is 3.59. The summed E-state index contributed by atoms with van der Waals surface area (Å²) in [6.07, 6.45) is 7.67. The van der Waals surface area contributed by atoms with Crippen LogP contribution in [0.5, 0.6) is 0 Å². The molecule has 0 heterocycles. The van der Waals surface area contributed by atoms with Crippen molar-refractivity contribution >= 4 is 0 Å². The second-order valence-corrected chi connectivity index (χ2v) is 7.22. The quantitative estimate of drug-likeness (QED) is 0.616. The van der Waals surface area contributed by atoms with E-state index < -0.39 is 5.09 Å². The van der Waals surface area contributed by atoms with Crippen molar-refractivity contribution < 1.29 is 9.92 Å². The van der Waals surface area contributed by atoms with E-state index in [1.165, 1.54) is 6.42 Å². The summed E-state index contributed by atoms with van der Waals surface area (Å²) < 4.78 is 0. The van der Waals surface area contributed by atoms with Crippen LogP contribution in [-0.4, -0.2) is 17.2 Å². The molecule has 5 heteroatoms. The summed E-state index contributed by atoms with van der Waals surface area (Å²) in [7, 11) is 0. The van der Waals surface area contributed by atoms with E-state index in [1.54, 1.807) is 0 Å². The van der Waals surface area contributed by atoms with Crippen molar-refractivity contribution in [2.24, 2.45) is 22.5 Å². The third-order valence-corrected chi connectivity index (χ3v) is 5.57. The lowest BCUT2D eigenvalue weighted by Gasteiger charge is -2.65. The fraction of sp³-hybridized carbons (Fsp3) is 1.00. The second-order valence-electron chi connectivity index (χ2n) is 7.22. The Morgan fingerprint density at radius 1 is 1.28 bits per heavy atom. The van der Waals surface area contributed by atoms with Gasteiger partial charge in [0.1, 0.15) is 6.61 Å². The number of nitrogens with zero attached hydrogens (tertiary/aromatic N) is 1. The van der Waals surface area contributed by atoms with Gasteiger partial charge in [0, 0.05) is 5.54 Å². The van der Waals surface area contributed by atoms with Gasteiger partial charge in [0.2, 0.25) is 0 Å². The molecule has 5 nitrogen and oxygen atoms in total. The molecule has 2 N–H and O–H groups in total. The first-order valence-corrected chi connectivity index (χ1v) is 6.95. The van der Waals surface area contributed by atoms with Gasteiger partial charge in [-0.3, -0.25) is 0 Å². The van der Waals surface area contributed by atoms with E-state index in [-0.39, 0.29) is 17.6 Å². The summed E-state index contributed by atoms with van der Waals surface area (Å²) >= 11 is 0. The van der Waals surface area contributed by atoms with Crippen molar-refractivity contribution in [3.05, 3.63) is 10.1 Å². The summed E-state index contributed by atoms with van der Waals surface area (Å²) in [6.45, 7) is 2.48. The van der Waals surface area contributed by atoms with E-state index in [2.05, 4.69) is 6.92 Å². The summed E-state index contributed by atoms with van der Waals surface area (Å²) in [4.78, 5) is 15.2. The van der Waals surface area contributed by atoms with Crippen LogP contribution in [0.2, 0.25) is 0 Å². The standard InChI is InChI=1S/C13H22N2O3/c1-2-11-3-10-4-12(6-11,9-18-15(16)17)8-13(14,5-10)7-11/h10H,2-9,14H2,1H3. The molecule has 0 aliphatic heterocycles. The van der Waals surface area contributed by atoms with Crippen LogP contribution in [0.15, 0.2) is 0 Å². The maximum absolute atomic E-state index is 10.5. The molecule has 4 fully saturated rings. The molecule has 4 aliphatic carbocycles. The zero-order valence-electron chi connectivity index (χ0n) is 11.0. The van der Waals surface area contributed by atoms with Gasteiger partial charge in [0.05, 0.1) is 0 Å². The van der Waals surface area contributed by atoms with E-state index in [9.17, 15) is 10.1 Å². The molecule has 18 heavy (non-hydrogen) atoms. The van der Waals surface area contributed by atoms with Gasteiger partial charge in [0.25, 0.3) is 5.09 Å². The average Bonchev–Trinajstić information content (AvgIpc) is 2.23. The Balaban J connectivity index is 1.86. The SMILES string of the molecule is CCC12CC3CC(N)(C1)CC(CO[N+](=O)[O-])(C3)C2. The van der Waals surface area contributed by atoms with Crippen LogP contribution in [0.1, 0.15) is 51.9 Å². The minimum atomic E-state index is -0.652. The van der Waals surface area contributed by atoms with Gasteiger partial charge >= 0.3 is 0 Å². The Bertz CT molecular complexity index is 388. The summed E-state index contributed by atoms with van der Waals surface area (Å²) in [6, 6.07) is 0. The van der Waals surface area contributed by atoms with Crippen molar-refractivity contribution in [1.82, 2.24) is 0 Å². The van der Waals surface area contributed by atoms with Crippen LogP contribution in [-0.2, 0) is 4.84 Å². The molecule has 0 radical (unpaired) electrons. The highest BCUT2D eigenvalue weighted by molar-refractivity contribution is 5.14. The van der Waals surface area contributed by atoms with Gasteiger partial charge in [-0.15, -0.1) is 10.1 Å². The van der Waals surface area contributed by atoms with Crippen LogP contribution in [0.4, 0.5) is 0 Å². The number of nitrogens with two attached hydrogens (primary N) is 1.